The van der Waals surface area contributed by atoms with E-state index in [1.807, 2.05) is 0 Å². The van der Waals surface area contributed by atoms with Crippen molar-refractivity contribution in [1.82, 2.24) is 16.4 Å². The molecule has 0 spiro atoms. The number of esters is 1. The molecule has 0 saturated carbocycles. The fourth-order valence-corrected chi connectivity index (χ4v) is 1.38. The number of rotatable bonds is 10. The van der Waals surface area contributed by atoms with E-state index in [9.17, 15) is 30.0 Å². The number of methoxy groups -OCH3 is 1. The second-order valence-corrected chi connectivity index (χ2v) is 4.19. The zero-order valence-electron chi connectivity index (χ0n) is 11.7. The molecule has 0 aliphatic heterocycles. The Hall–Kier alpha value is -1.30. The zero-order chi connectivity index (χ0) is 16.4. The average molecular weight is 308 g/mol. The Balaban J connectivity index is 4.25. The molecule has 0 aromatic heterocycles. The van der Waals surface area contributed by atoms with E-state index in [1.54, 1.807) is 0 Å². The topological polar surface area (TPSA) is 172 Å². The molecule has 0 aliphatic carbocycles. The van der Waals surface area contributed by atoms with Crippen molar-refractivity contribution in [3.8, 4) is 0 Å². The Morgan fingerprint density at radius 1 is 1.05 bits per heavy atom. The van der Waals surface area contributed by atoms with Crippen LogP contribution in [0.25, 0.3) is 0 Å². The van der Waals surface area contributed by atoms with Gasteiger partial charge in [-0.2, -0.15) is 0 Å². The standard InChI is InChI=1S/C11H22N3O7/c1-21-11(20)9(18)7(16)6(15)8(17)10(19)14-5-4-13-3-2-12/h6-9,12-13,15-18H,2-5H2,1H3,(H,14,19)/t6-,7-,8-,9-/m0/s1. The summed E-state index contributed by atoms with van der Waals surface area (Å²) in [5, 5.41) is 43.0. The minimum Gasteiger partial charge on any atom is -0.467 e. The van der Waals surface area contributed by atoms with Crippen molar-refractivity contribution < 1.29 is 34.8 Å². The second-order valence-electron chi connectivity index (χ2n) is 4.19. The highest BCUT2D eigenvalue weighted by molar-refractivity contribution is 5.81. The van der Waals surface area contributed by atoms with E-state index in [0.29, 0.717) is 13.1 Å². The summed E-state index contributed by atoms with van der Waals surface area (Å²) < 4.78 is 4.16. The molecule has 0 bridgehead atoms. The molecule has 1 radical (unpaired) electrons. The molecular weight excluding hydrogens is 286 g/mol. The van der Waals surface area contributed by atoms with Gasteiger partial charge in [-0.15, -0.1) is 0 Å². The van der Waals surface area contributed by atoms with Crippen LogP contribution >= 0.6 is 0 Å². The van der Waals surface area contributed by atoms with E-state index in [2.05, 4.69) is 15.4 Å². The van der Waals surface area contributed by atoms with Gasteiger partial charge in [-0.05, 0) is 0 Å². The lowest BCUT2D eigenvalue weighted by molar-refractivity contribution is -0.169. The molecule has 1 amide bonds. The van der Waals surface area contributed by atoms with E-state index >= 15 is 0 Å². The van der Waals surface area contributed by atoms with E-state index in [-0.39, 0.29) is 13.1 Å². The molecular formula is C11H22N3O7. The highest BCUT2D eigenvalue weighted by atomic mass is 16.5. The van der Waals surface area contributed by atoms with E-state index in [0.717, 1.165) is 7.11 Å². The Morgan fingerprint density at radius 2 is 1.62 bits per heavy atom. The molecule has 10 nitrogen and oxygen atoms in total. The fourth-order valence-electron chi connectivity index (χ4n) is 1.38. The van der Waals surface area contributed by atoms with Gasteiger partial charge in [-0.3, -0.25) is 10.5 Å². The molecule has 123 valence electrons. The maximum Gasteiger partial charge on any atom is 0.337 e. The van der Waals surface area contributed by atoms with Crippen LogP contribution in [0, 0.1) is 0 Å². The van der Waals surface area contributed by atoms with Gasteiger partial charge in [-0.25, -0.2) is 4.79 Å². The number of aliphatic hydroxyl groups is 4. The predicted octanol–water partition coefficient (Wildman–Crippen LogP) is -4.41. The summed E-state index contributed by atoms with van der Waals surface area (Å²) in [5.41, 5.74) is 6.87. The van der Waals surface area contributed by atoms with Gasteiger partial charge in [0.1, 0.15) is 12.2 Å². The van der Waals surface area contributed by atoms with Gasteiger partial charge >= 0.3 is 5.97 Å². The molecule has 10 heteroatoms. The van der Waals surface area contributed by atoms with Crippen LogP contribution in [0.15, 0.2) is 0 Å². The van der Waals surface area contributed by atoms with Crippen LogP contribution in [0.1, 0.15) is 0 Å². The molecule has 21 heavy (non-hydrogen) atoms. The van der Waals surface area contributed by atoms with Crippen molar-refractivity contribution in [2.24, 2.45) is 0 Å². The number of carbonyl (C=O) groups excluding carboxylic acids is 2. The fraction of sp³-hybridized carbons (Fsp3) is 0.818. The summed E-state index contributed by atoms with van der Waals surface area (Å²) in [7, 11) is 0.970. The highest BCUT2D eigenvalue weighted by Crippen LogP contribution is 2.06. The number of ether oxygens (including phenoxy) is 1. The number of aliphatic hydroxyl groups excluding tert-OH is 4. The predicted molar refractivity (Wildman–Crippen MR) is 69.9 cm³/mol. The second kappa shape index (κ2) is 10.4. The first-order valence-electron chi connectivity index (χ1n) is 6.29. The number of hydrogen-bond donors (Lipinski definition) is 6. The Morgan fingerprint density at radius 3 is 2.14 bits per heavy atom. The van der Waals surface area contributed by atoms with Crippen molar-refractivity contribution in [2.75, 3.05) is 33.3 Å². The van der Waals surface area contributed by atoms with Crippen LogP contribution < -0.4 is 16.4 Å². The first kappa shape index (κ1) is 19.7. The minimum atomic E-state index is -2.08. The van der Waals surface area contributed by atoms with Crippen LogP contribution in [0.2, 0.25) is 0 Å². The maximum absolute atomic E-state index is 11.5. The van der Waals surface area contributed by atoms with Gasteiger partial charge in [0.25, 0.3) is 5.91 Å². The summed E-state index contributed by atoms with van der Waals surface area (Å²) in [6, 6.07) is 0. The van der Waals surface area contributed by atoms with E-state index in [4.69, 9.17) is 5.73 Å². The first-order valence-corrected chi connectivity index (χ1v) is 6.29. The lowest BCUT2D eigenvalue weighted by Gasteiger charge is -2.24. The number of hydrogen-bond acceptors (Lipinski definition) is 8. The molecule has 0 aromatic carbocycles. The molecule has 0 aliphatic rings. The summed E-state index contributed by atoms with van der Waals surface area (Å²) in [6.45, 7) is 1.14. The average Bonchev–Trinajstić information content (AvgIpc) is 2.50. The third-order valence-corrected chi connectivity index (χ3v) is 2.61. The van der Waals surface area contributed by atoms with Crippen molar-refractivity contribution in [3.63, 3.8) is 0 Å². The maximum atomic E-state index is 11.5. The molecule has 0 saturated heterocycles. The molecule has 0 heterocycles. The number of amides is 1. The third-order valence-electron chi connectivity index (χ3n) is 2.61. The lowest BCUT2D eigenvalue weighted by atomic mass is 10.0. The summed E-state index contributed by atoms with van der Waals surface area (Å²) >= 11 is 0. The minimum absolute atomic E-state index is 0.137. The Bertz CT molecular complexity index is 329. The molecule has 7 N–H and O–H groups in total. The van der Waals surface area contributed by atoms with Crippen molar-refractivity contribution >= 4 is 11.9 Å². The van der Waals surface area contributed by atoms with E-state index in [1.165, 1.54) is 0 Å². The van der Waals surface area contributed by atoms with Crippen molar-refractivity contribution in [2.45, 2.75) is 24.4 Å². The Labute approximate surface area is 121 Å². The normalized spacial score (nSPS) is 16.7. The third kappa shape index (κ3) is 6.80. The van der Waals surface area contributed by atoms with Crippen LogP contribution in [0.4, 0.5) is 0 Å². The van der Waals surface area contributed by atoms with Crippen LogP contribution in [0.5, 0.6) is 0 Å². The molecule has 4 atom stereocenters. The number of nitrogens with one attached hydrogen (secondary N) is 3. The summed E-state index contributed by atoms with van der Waals surface area (Å²) in [6.07, 6.45) is -8.22. The smallest absolute Gasteiger partial charge is 0.337 e. The van der Waals surface area contributed by atoms with Crippen molar-refractivity contribution in [3.05, 3.63) is 0 Å². The Kier molecular flexibility index (Phi) is 9.78. The van der Waals surface area contributed by atoms with Crippen molar-refractivity contribution in [1.29, 1.82) is 0 Å². The van der Waals surface area contributed by atoms with Gasteiger partial charge in [0.15, 0.2) is 12.2 Å². The SMILES string of the molecule is COC(=O)[C@@H](O)[C@@H](O)[C@H](O)[C@H](O)C(=O)NCCNCC[NH]. The van der Waals surface area contributed by atoms with Gasteiger partial charge in [0, 0.05) is 26.2 Å². The lowest BCUT2D eigenvalue weighted by Crippen LogP contribution is -2.53. The quantitative estimate of drug-likeness (QED) is 0.173. The molecule has 0 aromatic rings. The van der Waals surface area contributed by atoms with Crippen LogP contribution in [-0.4, -0.2) is 90.0 Å². The van der Waals surface area contributed by atoms with Gasteiger partial charge in [-0.1, -0.05) is 0 Å². The van der Waals surface area contributed by atoms with E-state index < -0.39 is 36.3 Å². The summed E-state index contributed by atoms with van der Waals surface area (Å²) in [4.78, 5) is 22.5. The monoisotopic (exact) mass is 308 g/mol. The highest BCUT2D eigenvalue weighted by Gasteiger charge is 2.37. The van der Waals surface area contributed by atoms with Gasteiger partial charge in [0.05, 0.1) is 7.11 Å². The molecule has 0 fully saturated rings. The largest absolute Gasteiger partial charge is 0.467 e. The summed E-state index contributed by atoms with van der Waals surface area (Å²) in [5.74, 6) is -2.17. The van der Waals surface area contributed by atoms with Crippen LogP contribution in [-0.2, 0) is 14.3 Å². The molecule has 0 rings (SSSR count). The zero-order valence-corrected chi connectivity index (χ0v) is 11.7. The van der Waals surface area contributed by atoms with Gasteiger partial charge < -0.3 is 35.8 Å². The van der Waals surface area contributed by atoms with Gasteiger partial charge in [0.2, 0.25) is 0 Å². The first-order chi connectivity index (χ1) is 9.86. The molecule has 0 unspecified atom stereocenters. The van der Waals surface area contributed by atoms with Crippen LogP contribution in [0.3, 0.4) is 0 Å². The number of carbonyl (C=O) groups is 2.